The number of aliphatic hydroxyl groups is 1. The monoisotopic (exact) mass is 274 g/mol. The molecule has 2 rings (SSSR count). The second-order valence-electron chi connectivity index (χ2n) is 6.37. The third-order valence-electron chi connectivity index (χ3n) is 3.25. The van der Waals surface area contributed by atoms with Crippen molar-refractivity contribution in [1.82, 2.24) is 10.3 Å². The van der Waals surface area contributed by atoms with Gasteiger partial charge >= 0.3 is 0 Å². The smallest absolute Gasteiger partial charge is 0.253 e. The molecule has 2 aromatic rings. The standard InChI is InChI=1S/C16H22N2O2/c1-16(2,3)9-12(10-19)18-15(20)13-6-4-5-11-7-8-17-14(11)13/h4-8,12,17,19H,9-10H2,1-3H3,(H,18,20). The molecule has 0 saturated heterocycles. The molecule has 0 aliphatic carbocycles. The molecule has 1 heterocycles. The fourth-order valence-electron chi connectivity index (χ4n) is 2.44. The maximum Gasteiger partial charge on any atom is 0.253 e. The van der Waals surface area contributed by atoms with Gasteiger partial charge in [-0.05, 0) is 24.0 Å². The molecule has 4 heteroatoms. The first kappa shape index (κ1) is 14.6. The van der Waals surface area contributed by atoms with E-state index in [0.29, 0.717) is 5.56 Å². The number of para-hydroxylation sites is 1. The number of carbonyl (C=O) groups excluding carboxylic acids is 1. The van der Waals surface area contributed by atoms with Gasteiger partial charge in [0.1, 0.15) is 0 Å². The van der Waals surface area contributed by atoms with E-state index >= 15 is 0 Å². The maximum absolute atomic E-state index is 12.4. The Hall–Kier alpha value is -1.81. The lowest BCUT2D eigenvalue weighted by Crippen LogP contribution is -2.40. The van der Waals surface area contributed by atoms with Gasteiger partial charge in [0.2, 0.25) is 0 Å². The molecule has 0 saturated carbocycles. The molecule has 0 spiro atoms. The molecule has 20 heavy (non-hydrogen) atoms. The molecular formula is C16H22N2O2. The Morgan fingerprint density at radius 1 is 1.35 bits per heavy atom. The normalized spacial score (nSPS) is 13.4. The fraction of sp³-hybridized carbons (Fsp3) is 0.438. The highest BCUT2D eigenvalue weighted by molar-refractivity contribution is 6.05. The predicted molar refractivity (Wildman–Crippen MR) is 80.7 cm³/mol. The minimum absolute atomic E-state index is 0.0519. The summed E-state index contributed by atoms with van der Waals surface area (Å²) in [6, 6.07) is 7.32. The number of aliphatic hydroxyl groups excluding tert-OH is 1. The number of rotatable bonds is 4. The first-order valence-corrected chi connectivity index (χ1v) is 6.88. The number of H-pyrrole nitrogens is 1. The number of amides is 1. The van der Waals surface area contributed by atoms with Crippen LogP contribution in [-0.4, -0.2) is 28.6 Å². The zero-order valence-electron chi connectivity index (χ0n) is 12.2. The molecule has 1 atom stereocenters. The van der Waals surface area contributed by atoms with Crippen LogP contribution in [0.5, 0.6) is 0 Å². The Labute approximate surface area is 119 Å². The van der Waals surface area contributed by atoms with Gasteiger partial charge in [-0.25, -0.2) is 0 Å². The molecule has 4 nitrogen and oxygen atoms in total. The van der Waals surface area contributed by atoms with Crippen LogP contribution in [0.4, 0.5) is 0 Å². The molecule has 0 aliphatic heterocycles. The molecule has 1 amide bonds. The van der Waals surface area contributed by atoms with Crippen molar-refractivity contribution in [1.29, 1.82) is 0 Å². The summed E-state index contributed by atoms with van der Waals surface area (Å²) in [4.78, 5) is 15.5. The summed E-state index contributed by atoms with van der Waals surface area (Å²) in [5.41, 5.74) is 1.50. The SMILES string of the molecule is CC(C)(C)CC(CO)NC(=O)c1cccc2cc[nH]c12. The van der Waals surface area contributed by atoms with Crippen LogP contribution in [0.25, 0.3) is 10.9 Å². The van der Waals surface area contributed by atoms with Crippen LogP contribution >= 0.6 is 0 Å². The van der Waals surface area contributed by atoms with Gasteiger partial charge in [0, 0.05) is 11.6 Å². The van der Waals surface area contributed by atoms with Crippen LogP contribution in [0.3, 0.4) is 0 Å². The van der Waals surface area contributed by atoms with E-state index in [4.69, 9.17) is 0 Å². The van der Waals surface area contributed by atoms with Crippen LogP contribution in [-0.2, 0) is 0 Å². The Kier molecular flexibility index (Phi) is 4.14. The number of aromatic nitrogens is 1. The second kappa shape index (κ2) is 5.67. The van der Waals surface area contributed by atoms with Crippen LogP contribution in [0, 0.1) is 5.41 Å². The molecule has 1 aromatic heterocycles. The average Bonchev–Trinajstić information content (AvgIpc) is 2.84. The van der Waals surface area contributed by atoms with Crippen molar-refractivity contribution in [2.24, 2.45) is 5.41 Å². The van der Waals surface area contributed by atoms with Crippen molar-refractivity contribution in [2.45, 2.75) is 33.2 Å². The van der Waals surface area contributed by atoms with E-state index in [0.717, 1.165) is 17.3 Å². The number of benzene rings is 1. The number of carbonyl (C=O) groups is 1. The third-order valence-corrected chi connectivity index (χ3v) is 3.25. The molecule has 1 unspecified atom stereocenters. The molecule has 0 bridgehead atoms. The topological polar surface area (TPSA) is 65.1 Å². The van der Waals surface area contributed by atoms with Gasteiger partial charge < -0.3 is 15.4 Å². The molecule has 1 aromatic carbocycles. The van der Waals surface area contributed by atoms with Crippen molar-refractivity contribution < 1.29 is 9.90 Å². The van der Waals surface area contributed by atoms with E-state index in [1.807, 2.05) is 24.4 Å². The largest absolute Gasteiger partial charge is 0.394 e. The highest BCUT2D eigenvalue weighted by atomic mass is 16.3. The summed E-state index contributed by atoms with van der Waals surface area (Å²) in [7, 11) is 0. The number of fused-ring (bicyclic) bond motifs is 1. The number of hydrogen-bond acceptors (Lipinski definition) is 2. The zero-order valence-corrected chi connectivity index (χ0v) is 12.2. The van der Waals surface area contributed by atoms with Gasteiger partial charge in [0.15, 0.2) is 0 Å². The summed E-state index contributed by atoms with van der Waals surface area (Å²) >= 11 is 0. The number of hydrogen-bond donors (Lipinski definition) is 3. The van der Waals surface area contributed by atoms with Gasteiger partial charge in [0.05, 0.1) is 23.7 Å². The minimum atomic E-state index is -0.229. The zero-order chi connectivity index (χ0) is 14.8. The maximum atomic E-state index is 12.4. The summed E-state index contributed by atoms with van der Waals surface area (Å²) in [6.07, 6.45) is 2.55. The lowest BCUT2D eigenvalue weighted by atomic mass is 9.88. The molecular weight excluding hydrogens is 252 g/mol. The van der Waals surface area contributed by atoms with Crippen LogP contribution in [0.15, 0.2) is 30.5 Å². The molecule has 108 valence electrons. The third kappa shape index (κ3) is 3.39. The summed E-state index contributed by atoms with van der Waals surface area (Å²) < 4.78 is 0. The summed E-state index contributed by atoms with van der Waals surface area (Å²) in [6.45, 7) is 6.22. The first-order valence-electron chi connectivity index (χ1n) is 6.88. The van der Waals surface area contributed by atoms with Crippen molar-refractivity contribution >= 4 is 16.8 Å². The van der Waals surface area contributed by atoms with Crippen LogP contribution in [0.2, 0.25) is 0 Å². The van der Waals surface area contributed by atoms with Crippen molar-refractivity contribution in [3.05, 3.63) is 36.0 Å². The fourth-order valence-corrected chi connectivity index (χ4v) is 2.44. The minimum Gasteiger partial charge on any atom is -0.394 e. The van der Waals surface area contributed by atoms with Crippen molar-refractivity contribution in [3.8, 4) is 0 Å². The van der Waals surface area contributed by atoms with Gasteiger partial charge in [-0.1, -0.05) is 32.9 Å². The lowest BCUT2D eigenvalue weighted by Gasteiger charge is -2.25. The average molecular weight is 274 g/mol. The number of nitrogens with one attached hydrogen (secondary N) is 2. The molecule has 3 N–H and O–H groups in total. The van der Waals surface area contributed by atoms with E-state index in [1.54, 1.807) is 6.07 Å². The van der Waals surface area contributed by atoms with Gasteiger partial charge in [-0.2, -0.15) is 0 Å². The summed E-state index contributed by atoms with van der Waals surface area (Å²) in [5.74, 6) is -0.152. The van der Waals surface area contributed by atoms with E-state index in [9.17, 15) is 9.90 Å². The molecule has 0 fully saturated rings. The Bertz CT molecular complexity index is 596. The Morgan fingerprint density at radius 2 is 2.10 bits per heavy atom. The number of aromatic amines is 1. The summed E-state index contributed by atoms with van der Waals surface area (Å²) in [5, 5.41) is 13.4. The van der Waals surface area contributed by atoms with Crippen molar-refractivity contribution in [3.63, 3.8) is 0 Å². The van der Waals surface area contributed by atoms with Gasteiger partial charge in [-0.3, -0.25) is 4.79 Å². The quantitative estimate of drug-likeness (QED) is 0.802. The predicted octanol–water partition coefficient (Wildman–Crippen LogP) is 2.69. The van der Waals surface area contributed by atoms with Crippen LogP contribution in [0.1, 0.15) is 37.6 Å². The highest BCUT2D eigenvalue weighted by Gasteiger charge is 2.21. The van der Waals surface area contributed by atoms with E-state index < -0.39 is 0 Å². The van der Waals surface area contributed by atoms with Gasteiger partial charge in [-0.15, -0.1) is 0 Å². The molecule has 0 radical (unpaired) electrons. The lowest BCUT2D eigenvalue weighted by molar-refractivity contribution is 0.0899. The molecule has 0 aliphatic rings. The van der Waals surface area contributed by atoms with E-state index in [1.165, 1.54) is 0 Å². The van der Waals surface area contributed by atoms with Crippen molar-refractivity contribution in [2.75, 3.05) is 6.61 Å². The second-order valence-corrected chi connectivity index (χ2v) is 6.37. The van der Waals surface area contributed by atoms with E-state index in [-0.39, 0.29) is 24.0 Å². The highest BCUT2D eigenvalue weighted by Crippen LogP contribution is 2.21. The van der Waals surface area contributed by atoms with Gasteiger partial charge in [0.25, 0.3) is 5.91 Å². The Morgan fingerprint density at radius 3 is 2.75 bits per heavy atom. The first-order chi connectivity index (χ1) is 9.40. The van der Waals surface area contributed by atoms with Crippen LogP contribution < -0.4 is 5.32 Å². The van der Waals surface area contributed by atoms with E-state index in [2.05, 4.69) is 31.1 Å². The Balaban J connectivity index is 2.17.